The second-order valence-electron chi connectivity index (χ2n) is 2.91. The maximum atomic E-state index is 2.30. The minimum atomic E-state index is 1.19. The predicted octanol–water partition coefficient (Wildman–Crippen LogP) is 3.07. The van der Waals surface area contributed by atoms with Crippen LogP contribution in [0.3, 0.4) is 0 Å². The van der Waals surface area contributed by atoms with Gasteiger partial charge in [0, 0.05) is 0 Å². The molecule has 0 saturated heterocycles. The van der Waals surface area contributed by atoms with Gasteiger partial charge in [0.25, 0.3) is 0 Å². The van der Waals surface area contributed by atoms with Gasteiger partial charge in [0.15, 0.2) is 0 Å². The van der Waals surface area contributed by atoms with E-state index in [-0.39, 0.29) is 0 Å². The van der Waals surface area contributed by atoms with Crippen LogP contribution in [0.25, 0.3) is 6.08 Å². The Morgan fingerprint density at radius 3 is 2.27 bits per heavy atom. The number of allylic oxidation sites excluding steroid dienone is 1. The lowest BCUT2D eigenvalue weighted by molar-refractivity contribution is 0.860. The van der Waals surface area contributed by atoms with Gasteiger partial charge in [-0.3, -0.25) is 0 Å². The number of rotatable bonds is 1. The standard InChI is InChI=1S/C11H11/c1-2-5-10(6-3-1)9-11-7-4-8-11/h1-6,9H,7-8H2. The highest BCUT2D eigenvalue weighted by Gasteiger charge is 2.07. The van der Waals surface area contributed by atoms with E-state index in [1.54, 1.807) is 5.57 Å². The van der Waals surface area contributed by atoms with Crippen LogP contribution < -0.4 is 0 Å². The molecule has 0 unspecified atom stereocenters. The Hall–Kier alpha value is -1.04. The highest BCUT2D eigenvalue weighted by atomic mass is 14.1. The van der Waals surface area contributed by atoms with Crippen LogP contribution in [-0.4, -0.2) is 0 Å². The molecular weight excluding hydrogens is 132 g/mol. The van der Waals surface area contributed by atoms with Gasteiger partial charge in [0.1, 0.15) is 0 Å². The number of hydrogen-bond donors (Lipinski definition) is 0. The summed E-state index contributed by atoms with van der Waals surface area (Å²) in [5, 5.41) is 0. The molecular formula is C11H11. The number of hydrogen-bond acceptors (Lipinski definition) is 0. The van der Waals surface area contributed by atoms with Gasteiger partial charge in [-0.2, -0.15) is 0 Å². The quantitative estimate of drug-likeness (QED) is 0.566. The molecule has 11 heavy (non-hydrogen) atoms. The molecule has 0 heterocycles. The van der Waals surface area contributed by atoms with Gasteiger partial charge < -0.3 is 0 Å². The van der Waals surface area contributed by atoms with Gasteiger partial charge in [0.2, 0.25) is 0 Å². The first-order valence-corrected chi connectivity index (χ1v) is 4.01. The molecule has 55 valence electrons. The van der Waals surface area contributed by atoms with Crippen LogP contribution >= 0.6 is 0 Å². The normalized spacial score (nSPS) is 15.8. The molecule has 1 saturated carbocycles. The zero-order valence-corrected chi connectivity index (χ0v) is 6.46. The van der Waals surface area contributed by atoms with Crippen LogP contribution in [0.5, 0.6) is 0 Å². The van der Waals surface area contributed by atoms with Crippen molar-refractivity contribution in [2.24, 2.45) is 0 Å². The molecule has 0 amide bonds. The highest BCUT2D eigenvalue weighted by Crippen LogP contribution is 2.26. The van der Waals surface area contributed by atoms with Crippen LogP contribution in [0.2, 0.25) is 0 Å². The van der Waals surface area contributed by atoms with E-state index >= 15 is 0 Å². The van der Waals surface area contributed by atoms with Crippen molar-refractivity contribution >= 4 is 6.08 Å². The Kier molecular flexibility index (Phi) is 1.76. The summed E-state index contributed by atoms with van der Waals surface area (Å²) in [5.41, 5.74) is 2.88. The Labute approximate surface area is 67.6 Å². The summed E-state index contributed by atoms with van der Waals surface area (Å²) < 4.78 is 0. The van der Waals surface area contributed by atoms with Gasteiger partial charge in [-0.05, 0) is 24.8 Å². The first kappa shape index (κ1) is 6.66. The van der Waals surface area contributed by atoms with Crippen molar-refractivity contribution in [2.75, 3.05) is 0 Å². The molecule has 1 aromatic rings. The topological polar surface area (TPSA) is 0 Å². The van der Waals surface area contributed by atoms with Crippen LogP contribution in [0, 0.1) is 6.42 Å². The Morgan fingerprint density at radius 2 is 1.73 bits per heavy atom. The molecule has 0 aliphatic heterocycles. The molecule has 0 nitrogen and oxygen atoms in total. The third-order valence-electron chi connectivity index (χ3n) is 1.98. The van der Waals surface area contributed by atoms with E-state index in [0.29, 0.717) is 0 Å². The van der Waals surface area contributed by atoms with E-state index in [1.807, 2.05) is 0 Å². The fraction of sp³-hybridized carbons (Fsp3) is 0.182. The average Bonchev–Trinajstić information content (AvgIpc) is 1.99. The Balaban J connectivity index is 2.17. The lowest BCUT2D eigenvalue weighted by atomic mass is 9.91. The molecule has 0 spiro atoms. The third-order valence-corrected chi connectivity index (χ3v) is 1.98. The van der Waals surface area contributed by atoms with Crippen molar-refractivity contribution in [3.63, 3.8) is 0 Å². The lowest BCUT2D eigenvalue weighted by Gasteiger charge is -2.15. The lowest BCUT2D eigenvalue weighted by Crippen LogP contribution is -1.96. The third kappa shape index (κ3) is 1.51. The summed E-state index contributed by atoms with van der Waals surface area (Å²) >= 11 is 0. The molecule has 1 fully saturated rings. The van der Waals surface area contributed by atoms with Gasteiger partial charge in [0.05, 0.1) is 0 Å². The van der Waals surface area contributed by atoms with Crippen LogP contribution in [0.4, 0.5) is 0 Å². The predicted molar refractivity (Wildman–Crippen MR) is 48.0 cm³/mol. The zero-order chi connectivity index (χ0) is 7.52. The second kappa shape index (κ2) is 2.91. The number of benzene rings is 1. The minimum absolute atomic E-state index is 1.19. The van der Waals surface area contributed by atoms with Crippen LogP contribution in [-0.2, 0) is 0 Å². The summed E-state index contributed by atoms with van der Waals surface area (Å²) in [5.74, 6) is 0. The molecule has 0 atom stereocenters. The maximum absolute atomic E-state index is 2.30. The SMILES string of the molecule is [CH]1CC(=Cc2ccccc2)C1. The first-order chi connectivity index (χ1) is 5.45. The van der Waals surface area contributed by atoms with E-state index in [2.05, 4.69) is 42.8 Å². The Morgan fingerprint density at radius 1 is 1.00 bits per heavy atom. The van der Waals surface area contributed by atoms with E-state index < -0.39 is 0 Å². The fourth-order valence-electron chi connectivity index (χ4n) is 1.21. The average molecular weight is 143 g/mol. The Bertz CT molecular complexity index is 251. The first-order valence-electron chi connectivity index (χ1n) is 4.01. The summed E-state index contributed by atoms with van der Waals surface area (Å²) in [6.45, 7) is 0. The van der Waals surface area contributed by atoms with Gasteiger partial charge in [-0.15, -0.1) is 0 Å². The van der Waals surface area contributed by atoms with E-state index in [1.165, 1.54) is 18.4 Å². The zero-order valence-electron chi connectivity index (χ0n) is 6.46. The van der Waals surface area contributed by atoms with E-state index in [9.17, 15) is 0 Å². The van der Waals surface area contributed by atoms with Gasteiger partial charge >= 0.3 is 0 Å². The van der Waals surface area contributed by atoms with Gasteiger partial charge in [-0.25, -0.2) is 0 Å². The van der Waals surface area contributed by atoms with Crippen LogP contribution in [0.1, 0.15) is 18.4 Å². The largest absolute Gasteiger partial charge is 0.0690 e. The summed E-state index contributed by atoms with van der Waals surface area (Å²) in [7, 11) is 0. The molecule has 1 aliphatic rings. The molecule has 0 bridgehead atoms. The monoisotopic (exact) mass is 143 g/mol. The molecule has 1 aliphatic carbocycles. The van der Waals surface area contributed by atoms with E-state index in [4.69, 9.17) is 0 Å². The minimum Gasteiger partial charge on any atom is -0.0690 e. The maximum Gasteiger partial charge on any atom is -0.0257 e. The summed E-state index contributed by atoms with van der Waals surface area (Å²) in [4.78, 5) is 0. The fourth-order valence-corrected chi connectivity index (χ4v) is 1.21. The van der Waals surface area contributed by atoms with E-state index in [0.717, 1.165) is 0 Å². The van der Waals surface area contributed by atoms with Crippen molar-refractivity contribution in [2.45, 2.75) is 12.8 Å². The van der Waals surface area contributed by atoms with Gasteiger partial charge in [-0.1, -0.05) is 42.0 Å². The van der Waals surface area contributed by atoms with Crippen molar-refractivity contribution in [1.29, 1.82) is 0 Å². The van der Waals surface area contributed by atoms with Crippen molar-refractivity contribution < 1.29 is 0 Å². The molecule has 0 aromatic heterocycles. The van der Waals surface area contributed by atoms with Crippen molar-refractivity contribution in [3.05, 3.63) is 47.9 Å². The summed E-state index contributed by atoms with van der Waals surface area (Å²) in [6, 6.07) is 10.5. The van der Waals surface area contributed by atoms with Crippen molar-refractivity contribution in [3.8, 4) is 0 Å². The highest BCUT2D eigenvalue weighted by molar-refractivity contribution is 5.55. The van der Waals surface area contributed by atoms with Crippen LogP contribution in [0.15, 0.2) is 35.9 Å². The molecule has 2 rings (SSSR count). The molecule has 1 radical (unpaired) electrons. The molecule has 1 aromatic carbocycles. The summed E-state index contributed by atoms with van der Waals surface area (Å²) in [6.07, 6.45) is 6.96. The smallest absolute Gasteiger partial charge is 0.0257 e. The van der Waals surface area contributed by atoms with Crippen molar-refractivity contribution in [1.82, 2.24) is 0 Å². The second-order valence-corrected chi connectivity index (χ2v) is 2.91. The molecule has 0 N–H and O–H groups in total. The molecule has 0 heteroatoms.